The van der Waals surface area contributed by atoms with E-state index in [0.717, 1.165) is 49.7 Å². The van der Waals surface area contributed by atoms with Crippen molar-refractivity contribution >= 4 is 40.5 Å². The van der Waals surface area contributed by atoms with Crippen LogP contribution in [-0.4, -0.2) is 75.1 Å². The van der Waals surface area contributed by atoms with Crippen LogP contribution in [-0.2, 0) is 27.2 Å². The Morgan fingerprint density at radius 1 is 0.952 bits per heavy atom. The number of nitriles is 1. The lowest BCUT2D eigenvalue weighted by molar-refractivity contribution is -0.136. The van der Waals surface area contributed by atoms with E-state index in [1.165, 1.54) is 37.3 Å². The smallest absolute Gasteiger partial charge is 0.343 e. The minimum absolute atomic E-state index is 0.0828. The summed E-state index contributed by atoms with van der Waals surface area (Å²) in [6, 6.07) is 5.97. The molecule has 4 heterocycles. The number of nitrogens with zero attached hydrogens (tertiary/aromatic N) is 3. The van der Waals surface area contributed by atoms with Gasteiger partial charge in [-0.2, -0.15) is 5.26 Å². The van der Waals surface area contributed by atoms with Gasteiger partial charge in [0.1, 0.15) is 22.9 Å². The summed E-state index contributed by atoms with van der Waals surface area (Å²) in [5.74, 6) is -6.61. The molecule has 3 aliphatic heterocycles. The van der Waals surface area contributed by atoms with Gasteiger partial charge < -0.3 is 29.6 Å². The minimum atomic E-state index is -1.50. The summed E-state index contributed by atoms with van der Waals surface area (Å²) in [7, 11) is 0. The summed E-state index contributed by atoms with van der Waals surface area (Å²) >= 11 is 0. The molecule has 334 valence electrons. The average Bonchev–Trinajstić information content (AvgIpc) is 3.25. The summed E-state index contributed by atoms with van der Waals surface area (Å²) in [6.45, 7) is 14.7. The molecule has 6 rings (SSSR count). The monoisotopic (exact) mass is 859 g/mol. The Balaban J connectivity index is 0.921. The van der Waals surface area contributed by atoms with Gasteiger partial charge in [-0.05, 0) is 117 Å². The van der Waals surface area contributed by atoms with E-state index in [-0.39, 0.29) is 51.8 Å². The molecule has 0 saturated carbocycles. The van der Waals surface area contributed by atoms with Crippen LogP contribution in [0, 0.1) is 65.3 Å². The number of nitrogens with one attached hydrogen (secondary N) is 2. The second-order valence-electron chi connectivity index (χ2n) is 18.5. The minimum Gasteiger partial charge on any atom is -0.422 e. The van der Waals surface area contributed by atoms with Crippen molar-refractivity contribution in [1.29, 1.82) is 5.26 Å². The van der Waals surface area contributed by atoms with E-state index in [4.69, 9.17) is 9.15 Å². The molecule has 62 heavy (non-hydrogen) atoms. The van der Waals surface area contributed by atoms with Crippen molar-refractivity contribution < 1.29 is 36.7 Å². The summed E-state index contributed by atoms with van der Waals surface area (Å²) in [5, 5.41) is 16.4. The van der Waals surface area contributed by atoms with Gasteiger partial charge in [-0.15, -0.1) is 0 Å². The number of anilines is 1. The summed E-state index contributed by atoms with van der Waals surface area (Å²) in [5.41, 5.74) is 2.15. The van der Waals surface area contributed by atoms with Crippen molar-refractivity contribution in [3.8, 4) is 6.07 Å². The predicted molar refractivity (Wildman–Crippen MR) is 232 cm³/mol. The lowest BCUT2D eigenvalue weighted by atomic mass is 9.84. The second kappa shape index (κ2) is 19.5. The van der Waals surface area contributed by atoms with E-state index < -0.39 is 40.5 Å². The largest absolute Gasteiger partial charge is 0.422 e. The molecule has 0 bridgehead atoms. The Morgan fingerprint density at radius 3 is 2.32 bits per heavy atom. The number of carbonyl (C=O) groups excluding carboxylic acids is 3. The molecule has 11 nitrogen and oxygen atoms in total. The van der Waals surface area contributed by atoms with Gasteiger partial charge in [0, 0.05) is 61.8 Å². The zero-order valence-electron chi connectivity index (χ0n) is 36.9. The fraction of sp³-hybridized carbons (Fsp3) is 0.562. The Morgan fingerprint density at radius 2 is 1.63 bits per heavy atom. The average molecular weight is 860 g/mol. The highest BCUT2D eigenvalue weighted by atomic mass is 19.2. The van der Waals surface area contributed by atoms with Crippen LogP contribution in [0.3, 0.4) is 0 Å². The first-order chi connectivity index (χ1) is 29.5. The zero-order chi connectivity index (χ0) is 44.9. The molecule has 2 atom stereocenters. The van der Waals surface area contributed by atoms with E-state index in [1.54, 1.807) is 11.0 Å². The van der Waals surface area contributed by atoms with Crippen LogP contribution < -0.4 is 21.2 Å². The fourth-order valence-electron chi connectivity index (χ4n) is 8.84. The van der Waals surface area contributed by atoms with Crippen LogP contribution in [0.1, 0.15) is 111 Å². The van der Waals surface area contributed by atoms with Crippen LogP contribution in [0.25, 0.3) is 17.0 Å². The molecule has 0 spiro atoms. The highest BCUT2D eigenvalue weighted by molar-refractivity contribution is 5.95. The molecule has 0 aliphatic carbocycles. The number of hydrogen-bond acceptors (Lipinski definition) is 8. The summed E-state index contributed by atoms with van der Waals surface area (Å²) < 4.78 is 55.4. The number of piperidine rings is 1. The van der Waals surface area contributed by atoms with Gasteiger partial charge in [-0.1, -0.05) is 33.8 Å². The van der Waals surface area contributed by atoms with Crippen molar-refractivity contribution in [2.45, 2.75) is 99.3 Å². The molecular formula is C48H60F3N5O6. The molecule has 1 fully saturated rings. The SMILES string of the molecule is CCC(C)(CCNC(=O)c1c(F)c(C)c(C)c(F)c1F)COCC(C)(C)CCNC(=O)C1CCN(C(=O)C(C#N)/C=C\c2cc3cc4c5c(c3oc2=O)CCCN5CCC4)CC1. The van der Waals surface area contributed by atoms with E-state index >= 15 is 0 Å². The zero-order valence-corrected chi connectivity index (χ0v) is 36.9. The summed E-state index contributed by atoms with van der Waals surface area (Å²) in [6.07, 6.45) is 9.65. The van der Waals surface area contributed by atoms with E-state index in [9.17, 15) is 37.6 Å². The number of amides is 3. The fourth-order valence-corrected chi connectivity index (χ4v) is 8.84. The number of likely N-dealkylation sites (tertiary alicyclic amines) is 1. The Hall–Kier alpha value is -5.16. The van der Waals surface area contributed by atoms with Crippen molar-refractivity contribution in [3.63, 3.8) is 0 Å². The normalized spacial score (nSPS) is 17.1. The predicted octanol–water partition coefficient (Wildman–Crippen LogP) is 7.70. The third-order valence-corrected chi connectivity index (χ3v) is 13.3. The maximum atomic E-state index is 14.7. The van der Waals surface area contributed by atoms with Crippen LogP contribution in [0.2, 0.25) is 0 Å². The Bertz CT molecular complexity index is 2300. The van der Waals surface area contributed by atoms with Gasteiger partial charge in [0.2, 0.25) is 11.8 Å². The van der Waals surface area contributed by atoms with Gasteiger partial charge in [-0.25, -0.2) is 18.0 Å². The van der Waals surface area contributed by atoms with Crippen LogP contribution >= 0.6 is 0 Å². The summed E-state index contributed by atoms with van der Waals surface area (Å²) in [4.78, 5) is 56.3. The van der Waals surface area contributed by atoms with Crippen LogP contribution in [0.5, 0.6) is 0 Å². The Kier molecular flexibility index (Phi) is 14.6. The van der Waals surface area contributed by atoms with Crippen molar-refractivity contribution in [2.24, 2.45) is 22.7 Å². The molecule has 2 aromatic carbocycles. The van der Waals surface area contributed by atoms with Gasteiger partial charge in [0.05, 0.1) is 24.8 Å². The molecule has 3 aromatic rings. The molecule has 2 N–H and O–H groups in total. The quantitative estimate of drug-likeness (QED) is 0.110. The molecule has 3 aliphatic rings. The second-order valence-corrected chi connectivity index (χ2v) is 18.5. The number of halogens is 3. The highest BCUT2D eigenvalue weighted by Gasteiger charge is 2.32. The standard InChI is InChI=1S/C48H60F3N5O6/c1-7-48(6,17-19-54-44(58)37-38(49)29(2)30(3)39(50)40(37)51)28-61-27-47(4,5)16-18-53-43(57)31-14-22-56(23-15-31)45(59)34(26-52)13-12-33-25-35-24-32-10-8-20-55-21-9-11-36(41(32)55)42(35)62-46(33)60/h12-13,24-25,31,34H,7-11,14-23,27-28H2,1-6H3,(H,53,57)(H,54,58)/b13-12-. The first-order valence-corrected chi connectivity index (χ1v) is 22.0. The molecule has 1 aromatic heterocycles. The van der Waals surface area contributed by atoms with E-state index in [0.29, 0.717) is 70.5 Å². The lowest BCUT2D eigenvalue weighted by Gasteiger charge is -2.37. The first kappa shape index (κ1) is 46.3. The maximum Gasteiger partial charge on any atom is 0.343 e. The molecule has 2 unspecified atom stereocenters. The van der Waals surface area contributed by atoms with Crippen LogP contribution in [0.4, 0.5) is 18.9 Å². The van der Waals surface area contributed by atoms with Crippen LogP contribution in [0.15, 0.2) is 27.4 Å². The highest BCUT2D eigenvalue weighted by Crippen LogP contribution is 2.40. The molecule has 3 amide bonds. The molecule has 1 saturated heterocycles. The number of benzene rings is 2. The van der Waals surface area contributed by atoms with Gasteiger partial charge in [0.15, 0.2) is 11.6 Å². The third-order valence-electron chi connectivity index (χ3n) is 13.3. The third kappa shape index (κ3) is 10.2. The number of rotatable bonds is 16. The van der Waals surface area contributed by atoms with Gasteiger partial charge >= 0.3 is 5.63 Å². The number of fused-ring (bicyclic) bond motifs is 2. The Labute approximate surface area is 362 Å². The molecule has 14 heteroatoms. The number of hydrogen-bond donors (Lipinski definition) is 2. The van der Waals surface area contributed by atoms with Gasteiger partial charge in [-0.3, -0.25) is 14.4 Å². The van der Waals surface area contributed by atoms with Crippen molar-refractivity contribution in [3.05, 3.63) is 79.5 Å². The number of carbonyl (C=O) groups is 3. The first-order valence-electron chi connectivity index (χ1n) is 22.0. The molecule has 0 radical (unpaired) electrons. The topological polar surface area (TPSA) is 145 Å². The maximum absolute atomic E-state index is 14.7. The van der Waals surface area contributed by atoms with Crippen molar-refractivity contribution in [2.75, 3.05) is 57.4 Å². The number of ether oxygens (including phenoxy) is 1. The lowest BCUT2D eigenvalue weighted by Crippen LogP contribution is -2.45. The number of aryl methyl sites for hydroxylation is 2. The van der Waals surface area contributed by atoms with Gasteiger partial charge in [0.25, 0.3) is 5.91 Å². The van der Waals surface area contributed by atoms with Crippen molar-refractivity contribution in [1.82, 2.24) is 15.5 Å². The van der Waals surface area contributed by atoms with E-state index in [2.05, 4.69) is 27.7 Å². The molecular weight excluding hydrogens is 800 g/mol. The van der Waals surface area contributed by atoms with E-state index in [1.807, 2.05) is 27.7 Å².